The van der Waals surface area contributed by atoms with E-state index < -0.39 is 5.97 Å². The Kier molecular flexibility index (Phi) is 3.14. The first-order valence-corrected chi connectivity index (χ1v) is 5.61. The molecule has 0 aliphatic rings. The first kappa shape index (κ1) is 12.3. The van der Waals surface area contributed by atoms with E-state index in [0.29, 0.717) is 23.4 Å². The Balaban J connectivity index is 2.60. The van der Waals surface area contributed by atoms with Crippen LogP contribution in [0.5, 0.6) is 0 Å². The monoisotopic (exact) mass is 248 g/mol. The number of nitrogens with zero attached hydrogens (tertiary/aromatic N) is 2. The predicted octanol–water partition coefficient (Wildman–Crippen LogP) is 2.58. The zero-order valence-electron chi connectivity index (χ0n) is 10.1. The molecule has 18 heavy (non-hydrogen) atoms. The van der Waals surface area contributed by atoms with Crippen molar-refractivity contribution in [3.05, 3.63) is 47.0 Å². The van der Waals surface area contributed by atoms with Crippen molar-refractivity contribution in [1.29, 1.82) is 0 Å². The van der Waals surface area contributed by atoms with Gasteiger partial charge in [-0.3, -0.25) is 0 Å². The second-order valence-corrected chi connectivity index (χ2v) is 4.01. The topological polar surface area (TPSA) is 55.1 Å². The van der Waals surface area contributed by atoms with E-state index in [2.05, 4.69) is 5.10 Å². The van der Waals surface area contributed by atoms with Crippen LogP contribution < -0.4 is 0 Å². The fourth-order valence-corrected chi connectivity index (χ4v) is 1.96. The van der Waals surface area contributed by atoms with Crippen molar-refractivity contribution < 1.29 is 14.3 Å². The van der Waals surface area contributed by atoms with Crippen LogP contribution in [0.3, 0.4) is 0 Å². The summed E-state index contributed by atoms with van der Waals surface area (Å²) in [7, 11) is 0. The highest BCUT2D eigenvalue weighted by Gasteiger charge is 2.17. The zero-order chi connectivity index (χ0) is 13.3. The summed E-state index contributed by atoms with van der Waals surface area (Å²) in [6.45, 7) is 3.62. The van der Waals surface area contributed by atoms with Gasteiger partial charge in [-0.2, -0.15) is 5.10 Å². The van der Waals surface area contributed by atoms with Gasteiger partial charge in [0.25, 0.3) is 0 Å². The smallest absolute Gasteiger partial charge is 0.339 e. The Morgan fingerprint density at radius 3 is 2.78 bits per heavy atom. The van der Waals surface area contributed by atoms with Gasteiger partial charge in [0.05, 0.1) is 17.6 Å². The summed E-state index contributed by atoms with van der Waals surface area (Å²) in [5.41, 5.74) is 2.20. The standard InChI is InChI=1S/C13H13FN2O2/c1-3-11-10(13(17)18)7-15-16(11)12-5-4-9(14)6-8(12)2/h4-7H,3H2,1-2H3,(H,17,18). The number of carboxylic acid groups (broad SMARTS) is 1. The molecule has 0 saturated carbocycles. The summed E-state index contributed by atoms with van der Waals surface area (Å²) in [5, 5.41) is 13.1. The van der Waals surface area contributed by atoms with Crippen molar-refractivity contribution >= 4 is 5.97 Å². The lowest BCUT2D eigenvalue weighted by Gasteiger charge is -2.09. The maximum Gasteiger partial charge on any atom is 0.339 e. The summed E-state index contributed by atoms with van der Waals surface area (Å²) >= 11 is 0. The molecule has 0 amide bonds. The van der Waals surface area contributed by atoms with Crippen LogP contribution >= 0.6 is 0 Å². The van der Waals surface area contributed by atoms with E-state index in [4.69, 9.17) is 5.11 Å². The molecule has 0 unspecified atom stereocenters. The molecule has 94 valence electrons. The average Bonchev–Trinajstić information content (AvgIpc) is 2.72. The van der Waals surface area contributed by atoms with Crippen molar-refractivity contribution in [1.82, 2.24) is 9.78 Å². The van der Waals surface area contributed by atoms with Gasteiger partial charge in [-0.1, -0.05) is 6.92 Å². The van der Waals surface area contributed by atoms with E-state index in [1.54, 1.807) is 17.7 Å². The zero-order valence-corrected chi connectivity index (χ0v) is 10.1. The molecule has 4 nitrogen and oxygen atoms in total. The molecule has 1 heterocycles. The lowest BCUT2D eigenvalue weighted by atomic mass is 10.1. The highest BCUT2D eigenvalue weighted by atomic mass is 19.1. The number of rotatable bonds is 3. The molecular weight excluding hydrogens is 235 g/mol. The number of benzene rings is 1. The van der Waals surface area contributed by atoms with E-state index in [-0.39, 0.29) is 11.4 Å². The molecule has 0 bridgehead atoms. The Bertz CT molecular complexity index is 605. The first-order valence-electron chi connectivity index (χ1n) is 5.61. The molecule has 1 aromatic heterocycles. The first-order chi connectivity index (χ1) is 8.54. The van der Waals surface area contributed by atoms with Crippen LogP contribution in [-0.2, 0) is 6.42 Å². The van der Waals surface area contributed by atoms with Crippen LogP contribution in [0, 0.1) is 12.7 Å². The fourth-order valence-electron chi connectivity index (χ4n) is 1.96. The quantitative estimate of drug-likeness (QED) is 0.908. The third-order valence-corrected chi connectivity index (χ3v) is 2.82. The number of aromatic nitrogens is 2. The van der Waals surface area contributed by atoms with Gasteiger partial charge < -0.3 is 5.11 Å². The van der Waals surface area contributed by atoms with Crippen molar-refractivity contribution in [3.63, 3.8) is 0 Å². The van der Waals surface area contributed by atoms with Crippen molar-refractivity contribution in [2.75, 3.05) is 0 Å². The molecular formula is C13H13FN2O2. The summed E-state index contributed by atoms with van der Waals surface area (Å²) < 4.78 is 14.6. The average molecular weight is 248 g/mol. The van der Waals surface area contributed by atoms with Crippen LogP contribution in [0.4, 0.5) is 4.39 Å². The Labute approximate surface area is 104 Å². The molecule has 0 saturated heterocycles. The molecule has 2 rings (SSSR count). The van der Waals surface area contributed by atoms with Crippen molar-refractivity contribution in [2.45, 2.75) is 20.3 Å². The largest absolute Gasteiger partial charge is 0.478 e. The van der Waals surface area contributed by atoms with Crippen LogP contribution in [0.25, 0.3) is 5.69 Å². The minimum absolute atomic E-state index is 0.182. The third kappa shape index (κ3) is 1.99. The Hall–Kier alpha value is -2.17. The van der Waals surface area contributed by atoms with Crippen molar-refractivity contribution in [2.24, 2.45) is 0 Å². The van der Waals surface area contributed by atoms with Gasteiger partial charge in [0.15, 0.2) is 0 Å². The molecule has 0 radical (unpaired) electrons. The van der Waals surface area contributed by atoms with Crippen LogP contribution in [0.1, 0.15) is 28.5 Å². The second kappa shape index (κ2) is 4.60. The lowest BCUT2D eigenvalue weighted by molar-refractivity contribution is 0.0695. The summed E-state index contributed by atoms with van der Waals surface area (Å²) in [5.74, 6) is -1.32. The molecule has 0 aliphatic heterocycles. The van der Waals surface area contributed by atoms with Gasteiger partial charge >= 0.3 is 5.97 Å². The van der Waals surface area contributed by atoms with Crippen LogP contribution in [0.15, 0.2) is 24.4 Å². The fraction of sp³-hybridized carbons (Fsp3) is 0.231. The predicted molar refractivity (Wildman–Crippen MR) is 64.6 cm³/mol. The van der Waals surface area contributed by atoms with Gasteiger partial charge in [0, 0.05) is 0 Å². The number of carbonyl (C=O) groups is 1. The maximum atomic E-state index is 13.1. The number of halogens is 1. The molecule has 0 fully saturated rings. The summed E-state index contributed by atoms with van der Waals surface area (Å²) in [4.78, 5) is 11.1. The molecule has 5 heteroatoms. The molecule has 0 spiro atoms. The number of hydrogen-bond acceptors (Lipinski definition) is 2. The van der Waals surface area contributed by atoms with Gasteiger partial charge in [-0.15, -0.1) is 0 Å². The van der Waals surface area contributed by atoms with Gasteiger partial charge in [-0.05, 0) is 37.1 Å². The van der Waals surface area contributed by atoms with Crippen molar-refractivity contribution in [3.8, 4) is 5.69 Å². The summed E-state index contributed by atoms with van der Waals surface area (Å²) in [6, 6.07) is 4.34. The normalized spacial score (nSPS) is 10.6. The maximum absolute atomic E-state index is 13.1. The SMILES string of the molecule is CCc1c(C(=O)O)cnn1-c1ccc(F)cc1C. The number of carboxylic acids is 1. The minimum Gasteiger partial charge on any atom is -0.478 e. The number of hydrogen-bond donors (Lipinski definition) is 1. The third-order valence-electron chi connectivity index (χ3n) is 2.82. The van der Waals surface area contributed by atoms with E-state index in [1.165, 1.54) is 18.3 Å². The highest BCUT2D eigenvalue weighted by molar-refractivity contribution is 5.88. The van der Waals surface area contributed by atoms with E-state index in [0.717, 1.165) is 0 Å². The molecule has 1 aromatic carbocycles. The van der Waals surface area contributed by atoms with Gasteiger partial charge in [-0.25, -0.2) is 13.9 Å². The molecule has 0 aliphatic carbocycles. The van der Waals surface area contributed by atoms with Gasteiger partial charge in [0.2, 0.25) is 0 Å². The molecule has 0 atom stereocenters. The highest BCUT2D eigenvalue weighted by Crippen LogP contribution is 2.19. The van der Waals surface area contributed by atoms with Crippen LogP contribution in [-0.4, -0.2) is 20.9 Å². The lowest BCUT2D eigenvalue weighted by Crippen LogP contribution is -2.07. The van der Waals surface area contributed by atoms with Gasteiger partial charge in [0.1, 0.15) is 11.4 Å². The number of aromatic carboxylic acids is 1. The second-order valence-electron chi connectivity index (χ2n) is 4.01. The minimum atomic E-state index is -1.00. The van der Waals surface area contributed by atoms with Crippen LogP contribution in [0.2, 0.25) is 0 Å². The van der Waals surface area contributed by atoms with E-state index in [9.17, 15) is 9.18 Å². The summed E-state index contributed by atoms with van der Waals surface area (Å²) in [6.07, 6.45) is 1.86. The Morgan fingerprint density at radius 2 is 2.22 bits per heavy atom. The molecule has 1 N–H and O–H groups in total. The molecule has 2 aromatic rings. The van der Waals surface area contributed by atoms with E-state index >= 15 is 0 Å². The number of aryl methyl sites for hydroxylation is 1. The Morgan fingerprint density at radius 1 is 1.50 bits per heavy atom. The van der Waals surface area contributed by atoms with E-state index in [1.807, 2.05) is 6.92 Å².